The molecule has 7 fully saturated rings. The van der Waals surface area contributed by atoms with Gasteiger partial charge in [0.1, 0.15) is 24.4 Å². The van der Waals surface area contributed by atoms with Crippen molar-refractivity contribution in [3.8, 4) is 0 Å². The Morgan fingerprint density at radius 2 is 1.08 bits per heavy atom. The molecule has 0 bridgehead atoms. The molecule has 15 heteroatoms. The topological polar surface area (TPSA) is 259 Å². The first-order valence-electron chi connectivity index (χ1n) is 19.4. The molecule has 11 N–H and O–H groups in total. The summed E-state index contributed by atoms with van der Waals surface area (Å²) in [5.74, 6) is -2.90. The van der Waals surface area contributed by atoms with Crippen molar-refractivity contribution < 1.29 is 75.1 Å². The fourth-order valence-electron chi connectivity index (χ4n) is 11.2. The highest BCUT2D eigenvalue weighted by Crippen LogP contribution is 2.53. The van der Waals surface area contributed by atoms with Gasteiger partial charge in [0.05, 0.1) is 79.9 Å². The third-order valence-corrected chi connectivity index (χ3v) is 13.8. The SMILES string of the molecule is OC[C@H]1O[C@@H](OC2CC3C(O)CC(O)C(C4C5C(O)CC(O)CC5O[C@H](C5CCC(O)CC5)[C@@H]4O)C3OC2C2CCC(O)CC2)[C@H](O)[C@@H](O)[C@@H]1O. The second kappa shape index (κ2) is 15.9. The van der Waals surface area contributed by atoms with Crippen molar-refractivity contribution in [2.45, 2.75) is 181 Å². The number of hydrogen-bond acceptors (Lipinski definition) is 15. The second-order valence-electron chi connectivity index (χ2n) is 16.9. The largest absolute Gasteiger partial charge is 0.394 e. The number of hydrogen-bond donors (Lipinski definition) is 11. The van der Waals surface area contributed by atoms with Crippen LogP contribution in [0, 0.1) is 35.5 Å². The van der Waals surface area contributed by atoms with Crippen molar-refractivity contribution in [2.75, 3.05) is 6.61 Å². The van der Waals surface area contributed by atoms with Gasteiger partial charge in [-0.05, 0) is 88.9 Å². The van der Waals surface area contributed by atoms with Crippen LogP contribution < -0.4 is 0 Å². The molecular weight excluding hydrogens is 672 g/mol. The van der Waals surface area contributed by atoms with Gasteiger partial charge in [-0.1, -0.05) is 0 Å². The van der Waals surface area contributed by atoms with E-state index in [1.54, 1.807) is 0 Å². The Kier molecular flexibility index (Phi) is 12.0. The van der Waals surface area contributed by atoms with Crippen LogP contribution in [0.25, 0.3) is 0 Å². The lowest BCUT2D eigenvalue weighted by Gasteiger charge is -2.59. The van der Waals surface area contributed by atoms with E-state index >= 15 is 0 Å². The van der Waals surface area contributed by atoms with Crippen LogP contribution in [-0.2, 0) is 18.9 Å². The number of aliphatic hydroxyl groups is 11. The maximum Gasteiger partial charge on any atom is 0.187 e. The summed E-state index contributed by atoms with van der Waals surface area (Å²) in [7, 11) is 0. The summed E-state index contributed by atoms with van der Waals surface area (Å²) in [6.45, 7) is -0.625. The molecule has 51 heavy (non-hydrogen) atoms. The highest BCUT2D eigenvalue weighted by molar-refractivity contribution is 5.09. The van der Waals surface area contributed by atoms with Crippen LogP contribution >= 0.6 is 0 Å². The molecule has 294 valence electrons. The van der Waals surface area contributed by atoms with Crippen molar-refractivity contribution >= 4 is 0 Å². The summed E-state index contributed by atoms with van der Waals surface area (Å²) in [5, 5.41) is 120. The van der Waals surface area contributed by atoms with Gasteiger partial charge in [0, 0.05) is 23.7 Å². The highest BCUT2D eigenvalue weighted by Gasteiger charge is 2.62. The van der Waals surface area contributed by atoms with Crippen LogP contribution in [0.3, 0.4) is 0 Å². The van der Waals surface area contributed by atoms with Crippen molar-refractivity contribution in [1.82, 2.24) is 0 Å². The van der Waals surface area contributed by atoms with Crippen molar-refractivity contribution in [2.24, 2.45) is 35.5 Å². The first-order chi connectivity index (χ1) is 24.4. The minimum absolute atomic E-state index is 0.0251. The maximum atomic E-state index is 12.3. The van der Waals surface area contributed by atoms with Gasteiger partial charge in [0.25, 0.3) is 0 Å². The van der Waals surface area contributed by atoms with E-state index in [1.165, 1.54) is 0 Å². The summed E-state index contributed by atoms with van der Waals surface area (Å²) >= 11 is 0. The number of fused-ring (bicyclic) bond motifs is 2. The third kappa shape index (κ3) is 7.53. The number of ether oxygens (including phenoxy) is 4. The van der Waals surface area contributed by atoms with Gasteiger partial charge in [-0.25, -0.2) is 0 Å². The second-order valence-corrected chi connectivity index (χ2v) is 16.9. The van der Waals surface area contributed by atoms with Crippen LogP contribution in [0.4, 0.5) is 0 Å². The summed E-state index contributed by atoms with van der Waals surface area (Å²) in [4.78, 5) is 0. The first kappa shape index (κ1) is 38.7. The zero-order valence-electron chi connectivity index (χ0n) is 29.0. The van der Waals surface area contributed by atoms with E-state index in [2.05, 4.69) is 0 Å². The summed E-state index contributed by atoms with van der Waals surface area (Å²) in [6.07, 6.45) is -11.7. The van der Waals surface area contributed by atoms with Crippen LogP contribution in [0.2, 0.25) is 0 Å². The smallest absolute Gasteiger partial charge is 0.187 e. The van der Waals surface area contributed by atoms with E-state index in [-0.39, 0.29) is 37.5 Å². The van der Waals surface area contributed by atoms with Crippen LogP contribution in [0.15, 0.2) is 0 Å². The predicted molar refractivity (Wildman–Crippen MR) is 174 cm³/mol. The van der Waals surface area contributed by atoms with E-state index in [9.17, 15) is 56.2 Å². The monoisotopic (exact) mass is 732 g/mol. The quantitative estimate of drug-likeness (QED) is 0.137. The minimum atomic E-state index is -1.65. The fraction of sp³-hybridized carbons (Fsp3) is 1.00. The molecule has 4 aliphatic carbocycles. The van der Waals surface area contributed by atoms with Crippen molar-refractivity contribution in [3.05, 3.63) is 0 Å². The standard InChI is InChI=1S/C36H60O15/c37-13-25-29(44)31(46)32(47)36(50-25)49-24-11-19-20(41)12-22(43)27(35(19)51-33(24)14-1-5-16(38)6-2-14)28-26-21(42)9-18(40)10-23(26)48-34(30(28)45)15-3-7-17(39)8-4-15/h14-47H,1-13H2/t14?,15?,16?,17?,18?,19?,20?,21?,22?,23?,24?,25-,26?,27?,28?,29-,30-,31+,32-,33?,34-,35?,36-/m1/s1. The molecule has 3 saturated heterocycles. The molecule has 3 heterocycles. The average Bonchev–Trinajstić information content (AvgIpc) is 3.10. The molecule has 0 spiro atoms. The summed E-state index contributed by atoms with van der Waals surface area (Å²) < 4.78 is 25.6. The van der Waals surface area contributed by atoms with Crippen molar-refractivity contribution in [1.29, 1.82) is 0 Å². The Balaban J connectivity index is 1.21. The van der Waals surface area contributed by atoms with Gasteiger partial charge in [-0.15, -0.1) is 0 Å². The van der Waals surface area contributed by atoms with Crippen LogP contribution in [0.5, 0.6) is 0 Å². The van der Waals surface area contributed by atoms with E-state index in [4.69, 9.17) is 18.9 Å². The zero-order valence-corrected chi connectivity index (χ0v) is 29.0. The molecule has 15 nitrogen and oxygen atoms in total. The zero-order chi connectivity index (χ0) is 36.3. The predicted octanol–water partition coefficient (Wildman–Crippen LogP) is -2.33. The molecule has 7 rings (SSSR count). The Morgan fingerprint density at radius 1 is 0.471 bits per heavy atom. The Bertz CT molecular complexity index is 1130. The van der Waals surface area contributed by atoms with E-state index < -0.39 is 134 Å². The van der Waals surface area contributed by atoms with Gasteiger partial charge in [-0.3, -0.25) is 0 Å². The van der Waals surface area contributed by atoms with Gasteiger partial charge in [0.15, 0.2) is 6.29 Å². The van der Waals surface area contributed by atoms with E-state index in [1.807, 2.05) is 0 Å². The molecule has 7 aliphatic rings. The Morgan fingerprint density at radius 3 is 1.71 bits per heavy atom. The van der Waals surface area contributed by atoms with Gasteiger partial charge >= 0.3 is 0 Å². The molecule has 12 unspecified atom stereocenters. The van der Waals surface area contributed by atoms with Crippen molar-refractivity contribution in [3.63, 3.8) is 0 Å². The summed E-state index contributed by atoms with van der Waals surface area (Å²) in [6, 6.07) is 0. The molecule has 19 atom stereocenters. The molecular formula is C36H60O15. The Labute approximate surface area is 298 Å². The molecule has 3 aliphatic heterocycles. The molecule has 0 aromatic carbocycles. The molecule has 4 saturated carbocycles. The first-order valence-corrected chi connectivity index (χ1v) is 19.4. The Hall–Kier alpha value is -0.600. The minimum Gasteiger partial charge on any atom is -0.394 e. The highest BCUT2D eigenvalue weighted by atomic mass is 16.7. The fourth-order valence-corrected chi connectivity index (χ4v) is 11.2. The van der Waals surface area contributed by atoms with Crippen LogP contribution in [0.1, 0.15) is 77.0 Å². The number of rotatable bonds is 6. The summed E-state index contributed by atoms with van der Waals surface area (Å²) in [5.41, 5.74) is 0. The lowest BCUT2D eigenvalue weighted by molar-refractivity contribution is -0.340. The van der Waals surface area contributed by atoms with E-state index in [0.717, 1.165) is 0 Å². The third-order valence-electron chi connectivity index (χ3n) is 13.8. The molecule has 0 amide bonds. The van der Waals surface area contributed by atoms with Gasteiger partial charge in [0.2, 0.25) is 0 Å². The van der Waals surface area contributed by atoms with E-state index in [0.29, 0.717) is 51.4 Å². The molecule has 0 aromatic rings. The lowest BCUT2D eigenvalue weighted by atomic mass is 9.57. The average molecular weight is 733 g/mol. The van der Waals surface area contributed by atoms with Gasteiger partial charge < -0.3 is 75.1 Å². The lowest BCUT2D eigenvalue weighted by Crippen LogP contribution is -2.68. The molecule has 0 radical (unpaired) electrons. The number of aliphatic hydroxyl groups excluding tert-OH is 11. The maximum absolute atomic E-state index is 12.3. The normalized spacial score (nSPS) is 56.9. The van der Waals surface area contributed by atoms with Gasteiger partial charge in [-0.2, -0.15) is 0 Å². The molecule has 0 aromatic heterocycles. The van der Waals surface area contributed by atoms with Crippen LogP contribution in [-0.4, -0.2) is 167 Å².